The van der Waals surface area contributed by atoms with Gasteiger partial charge in [0.25, 0.3) is 0 Å². The van der Waals surface area contributed by atoms with Crippen molar-refractivity contribution in [3.63, 3.8) is 0 Å². The van der Waals surface area contributed by atoms with E-state index in [9.17, 15) is 4.79 Å². The quantitative estimate of drug-likeness (QED) is 0.617. The number of benzene rings is 2. The largest absolute Gasteiger partial charge is 0.496 e. The standard InChI is InChI=1S/C19H19N5O3/c1-26-16-9-4-3-6-14(16)11-20-19-23-17(12-21-24-19)22-15-8-5-7-13(10-15)18(25)27-2/h3-10,12H,11H2,1-2H3,(H2,20,22,23,24). The molecule has 0 aliphatic rings. The van der Waals surface area contributed by atoms with Crippen LogP contribution in [0.5, 0.6) is 5.75 Å². The third kappa shape index (κ3) is 4.69. The molecule has 138 valence electrons. The van der Waals surface area contributed by atoms with Gasteiger partial charge in [-0.25, -0.2) is 4.79 Å². The minimum atomic E-state index is -0.404. The monoisotopic (exact) mass is 365 g/mol. The summed E-state index contributed by atoms with van der Waals surface area (Å²) in [7, 11) is 2.97. The Kier molecular flexibility index (Phi) is 5.78. The molecule has 0 radical (unpaired) electrons. The Morgan fingerprint density at radius 2 is 1.96 bits per heavy atom. The summed E-state index contributed by atoms with van der Waals surface area (Å²) in [5.74, 6) is 1.25. The van der Waals surface area contributed by atoms with Crippen LogP contribution < -0.4 is 15.4 Å². The number of nitrogens with one attached hydrogen (secondary N) is 2. The normalized spacial score (nSPS) is 10.1. The number of hydrogen-bond acceptors (Lipinski definition) is 8. The lowest BCUT2D eigenvalue weighted by Gasteiger charge is -2.10. The van der Waals surface area contributed by atoms with Crippen LogP contribution in [0.2, 0.25) is 0 Å². The number of esters is 1. The molecular weight excluding hydrogens is 346 g/mol. The molecule has 1 heterocycles. The van der Waals surface area contributed by atoms with Crippen LogP contribution >= 0.6 is 0 Å². The van der Waals surface area contributed by atoms with Crippen molar-refractivity contribution in [2.45, 2.75) is 6.54 Å². The lowest BCUT2D eigenvalue weighted by atomic mass is 10.2. The number of para-hydroxylation sites is 1. The molecule has 8 nitrogen and oxygen atoms in total. The van der Waals surface area contributed by atoms with Crippen molar-refractivity contribution in [3.8, 4) is 5.75 Å². The summed E-state index contributed by atoms with van der Waals surface area (Å²) in [5, 5.41) is 14.2. The van der Waals surface area contributed by atoms with Gasteiger partial charge in [0.1, 0.15) is 5.75 Å². The Hall–Kier alpha value is -3.68. The Labute approximate surface area is 156 Å². The fraction of sp³-hybridized carbons (Fsp3) is 0.158. The molecule has 27 heavy (non-hydrogen) atoms. The van der Waals surface area contributed by atoms with Crippen molar-refractivity contribution in [2.24, 2.45) is 0 Å². The average Bonchev–Trinajstić information content (AvgIpc) is 2.72. The number of hydrogen-bond donors (Lipinski definition) is 2. The van der Waals surface area contributed by atoms with Gasteiger partial charge in [0.2, 0.25) is 5.95 Å². The molecule has 0 aliphatic carbocycles. The zero-order valence-corrected chi connectivity index (χ0v) is 15.0. The zero-order chi connectivity index (χ0) is 19.1. The summed E-state index contributed by atoms with van der Waals surface area (Å²) in [6, 6.07) is 14.6. The van der Waals surface area contributed by atoms with Gasteiger partial charge in [0, 0.05) is 17.8 Å². The van der Waals surface area contributed by atoms with Crippen molar-refractivity contribution < 1.29 is 14.3 Å². The van der Waals surface area contributed by atoms with Gasteiger partial charge in [-0.1, -0.05) is 24.3 Å². The van der Waals surface area contributed by atoms with Gasteiger partial charge in [0.15, 0.2) is 5.82 Å². The van der Waals surface area contributed by atoms with Crippen LogP contribution in [0.4, 0.5) is 17.5 Å². The van der Waals surface area contributed by atoms with Gasteiger partial charge in [0.05, 0.1) is 26.0 Å². The smallest absolute Gasteiger partial charge is 0.337 e. The Morgan fingerprint density at radius 1 is 1.11 bits per heavy atom. The molecule has 0 aliphatic heterocycles. The molecule has 0 spiro atoms. The highest BCUT2D eigenvalue weighted by Crippen LogP contribution is 2.19. The number of anilines is 3. The molecule has 0 atom stereocenters. The Bertz CT molecular complexity index is 932. The molecule has 0 saturated carbocycles. The minimum Gasteiger partial charge on any atom is -0.496 e. The van der Waals surface area contributed by atoms with E-state index in [2.05, 4.69) is 25.8 Å². The molecule has 0 bridgehead atoms. The van der Waals surface area contributed by atoms with Crippen LogP contribution in [-0.4, -0.2) is 35.4 Å². The summed E-state index contributed by atoms with van der Waals surface area (Å²) in [6.07, 6.45) is 1.50. The van der Waals surface area contributed by atoms with E-state index < -0.39 is 5.97 Å². The highest BCUT2D eigenvalue weighted by molar-refractivity contribution is 5.90. The third-order valence-electron chi connectivity index (χ3n) is 3.74. The molecule has 0 amide bonds. The summed E-state index contributed by atoms with van der Waals surface area (Å²) in [5.41, 5.74) is 2.11. The second kappa shape index (κ2) is 8.61. The first-order chi connectivity index (χ1) is 13.2. The number of ether oxygens (including phenoxy) is 2. The zero-order valence-electron chi connectivity index (χ0n) is 15.0. The summed E-state index contributed by atoms with van der Waals surface area (Å²) in [4.78, 5) is 16.0. The van der Waals surface area contributed by atoms with Crippen LogP contribution in [0.3, 0.4) is 0 Å². The van der Waals surface area contributed by atoms with Crippen molar-refractivity contribution in [3.05, 3.63) is 65.9 Å². The maximum absolute atomic E-state index is 11.6. The van der Waals surface area contributed by atoms with E-state index in [1.165, 1.54) is 13.3 Å². The highest BCUT2D eigenvalue weighted by Gasteiger charge is 2.07. The summed E-state index contributed by atoms with van der Waals surface area (Å²) < 4.78 is 10.1. The number of carbonyl (C=O) groups is 1. The van der Waals surface area contributed by atoms with Gasteiger partial charge in [-0.05, 0) is 24.3 Å². The molecule has 8 heteroatoms. The van der Waals surface area contributed by atoms with Crippen LogP contribution in [0.25, 0.3) is 0 Å². The summed E-state index contributed by atoms with van der Waals surface area (Å²) in [6.45, 7) is 0.493. The van der Waals surface area contributed by atoms with Crippen molar-refractivity contribution in [1.29, 1.82) is 0 Å². The maximum atomic E-state index is 11.6. The first kappa shape index (κ1) is 18.1. The van der Waals surface area contributed by atoms with Gasteiger partial charge >= 0.3 is 5.97 Å². The van der Waals surface area contributed by atoms with Gasteiger partial charge in [-0.3, -0.25) is 0 Å². The predicted octanol–water partition coefficient (Wildman–Crippen LogP) is 3.02. The van der Waals surface area contributed by atoms with Crippen LogP contribution in [0.1, 0.15) is 15.9 Å². The highest BCUT2D eigenvalue weighted by atomic mass is 16.5. The fourth-order valence-corrected chi connectivity index (χ4v) is 2.45. The summed E-state index contributed by atoms with van der Waals surface area (Å²) >= 11 is 0. The maximum Gasteiger partial charge on any atom is 0.337 e. The van der Waals surface area contributed by atoms with E-state index in [0.29, 0.717) is 29.6 Å². The Balaban J connectivity index is 1.70. The number of carbonyl (C=O) groups excluding carboxylic acids is 1. The fourth-order valence-electron chi connectivity index (χ4n) is 2.45. The van der Waals surface area contributed by atoms with E-state index in [1.807, 2.05) is 30.3 Å². The molecule has 0 fully saturated rings. The molecule has 0 saturated heterocycles. The third-order valence-corrected chi connectivity index (χ3v) is 3.74. The number of nitrogens with zero attached hydrogens (tertiary/aromatic N) is 3. The predicted molar refractivity (Wildman–Crippen MR) is 101 cm³/mol. The molecule has 1 aromatic heterocycles. The van der Waals surface area contributed by atoms with E-state index in [-0.39, 0.29) is 0 Å². The van der Waals surface area contributed by atoms with E-state index in [0.717, 1.165) is 11.3 Å². The molecule has 2 N–H and O–H groups in total. The van der Waals surface area contributed by atoms with Gasteiger partial charge < -0.3 is 20.1 Å². The molecule has 2 aromatic carbocycles. The number of methoxy groups -OCH3 is 2. The lowest BCUT2D eigenvalue weighted by Crippen LogP contribution is -2.07. The van der Waals surface area contributed by atoms with Crippen LogP contribution in [-0.2, 0) is 11.3 Å². The number of rotatable bonds is 7. The van der Waals surface area contributed by atoms with Crippen LogP contribution in [0, 0.1) is 0 Å². The molecule has 0 unspecified atom stereocenters. The second-order valence-electron chi connectivity index (χ2n) is 5.53. The van der Waals surface area contributed by atoms with Crippen molar-refractivity contribution in [2.75, 3.05) is 24.9 Å². The average molecular weight is 365 g/mol. The van der Waals surface area contributed by atoms with Gasteiger partial charge in [-0.15, -0.1) is 5.10 Å². The molecule has 3 rings (SSSR count). The van der Waals surface area contributed by atoms with Crippen LogP contribution in [0.15, 0.2) is 54.7 Å². The first-order valence-corrected chi connectivity index (χ1v) is 8.20. The minimum absolute atomic E-state index is 0.370. The van der Waals surface area contributed by atoms with Gasteiger partial charge in [-0.2, -0.15) is 10.1 Å². The van der Waals surface area contributed by atoms with E-state index in [4.69, 9.17) is 9.47 Å². The first-order valence-electron chi connectivity index (χ1n) is 8.20. The SMILES string of the molecule is COC(=O)c1cccc(Nc2cnnc(NCc3ccccc3OC)n2)c1. The van der Waals surface area contributed by atoms with E-state index in [1.54, 1.807) is 25.3 Å². The number of aromatic nitrogens is 3. The Morgan fingerprint density at radius 3 is 2.78 bits per heavy atom. The molecular formula is C19H19N5O3. The van der Waals surface area contributed by atoms with Crippen molar-refractivity contribution in [1.82, 2.24) is 15.2 Å². The van der Waals surface area contributed by atoms with E-state index >= 15 is 0 Å². The lowest BCUT2D eigenvalue weighted by molar-refractivity contribution is 0.0601. The second-order valence-corrected chi connectivity index (χ2v) is 5.53. The molecule has 3 aromatic rings. The topological polar surface area (TPSA) is 98.3 Å². The van der Waals surface area contributed by atoms with Crippen molar-refractivity contribution >= 4 is 23.4 Å².